The topological polar surface area (TPSA) is 49.4 Å². The van der Waals surface area contributed by atoms with Crippen LogP contribution in [0, 0.1) is 5.82 Å². The minimum atomic E-state index is -0.327. The molecule has 1 heterocycles. The molecule has 0 aliphatic carbocycles. The zero-order valence-electron chi connectivity index (χ0n) is 17.8. The molecule has 0 saturated carbocycles. The average Bonchev–Trinajstić information content (AvgIpc) is 2.78. The van der Waals surface area contributed by atoms with Crippen LogP contribution in [0.4, 0.5) is 10.1 Å². The molecule has 1 aliphatic rings. The maximum atomic E-state index is 13.5. The van der Waals surface area contributed by atoms with E-state index in [1.54, 1.807) is 29.2 Å². The molecule has 162 valence electrons. The Morgan fingerprint density at radius 1 is 1.06 bits per heavy atom. The number of fused-ring (bicyclic) bond motifs is 1. The quantitative estimate of drug-likeness (QED) is 0.516. The van der Waals surface area contributed by atoms with Gasteiger partial charge in [-0.15, -0.1) is 0 Å². The maximum Gasteiger partial charge on any atom is 0.265 e. The monoisotopic (exact) mass is 446 g/mol. The molecule has 3 aromatic rings. The predicted octanol–water partition coefficient (Wildman–Crippen LogP) is 5.64. The van der Waals surface area contributed by atoms with Gasteiger partial charge in [-0.05, 0) is 61.4 Å². The van der Waals surface area contributed by atoms with E-state index in [1.165, 1.54) is 23.9 Å². The summed E-state index contributed by atoms with van der Waals surface area (Å²) in [5.41, 5.74) is 2.89. The molecule has 1 N–H and O–H groups in total. The van der Waals surface area contributed by atoms with E-state index in [4.69, 9.17) is 0 Å². The number of amides is 2. The number of nitrogens with zero attached hydrogens (tertiary/aromatic N) is 1. The van der Waals surface area contributed by atoms with Crippen molar-refractivity contribution in [3.63, 3.8) is 0 Å². The fraction of sp³-hybridized carbons (Fsp3) is 0.154. The molecule has 6 heteroatoms. The largest absolute Gasteiger partial charge is 0.350 e. The molecule has 0 saturated heterocycles. The lowest BCUT2D eigenvalue weighted by Gasteiger charge is -2.31. The van der Waals surface area contributed by atoms with Crippen molar-refractivity contribution in [1.82, 2.24) is 5.32 Å². The molecule has 0 radical (unpaired) electrons. The summed E-state index contributed by atoms with van der Waals surface area (Å²) in [6, 6.07) is 21.2. The number of carbonyl (C=O) groups excluding carboxylic acids is 2. The smallest absolute Gasteiger partial charge is 0.265 e. The summed E-state index contributed by atoms with van der Waals surface area (Å²) < 4.78 is 13.4. The molecule has 4 nitrogen and oxygen atoms in total. The molecule has 0 spiro atoms. The van der Waals surface area contributed by atoms with Gasteiger partial charge in [0.1, 0.15) is 5.82 Å². The number of benzene rings is 3. The first-order valence-electron chi connectivity index (χ1n) is 10.4. The van der Waals surface area contributed by atoms with E-state index in [2.05, 4.69) is 5.32 Å². The SMILES string of the molecule is CC(C)NC(=O)c1ccc2c(c1)N(Cc1ccc(F)cc1)C(=O)C(=Cc1ccccc1)S2. The number of thioether (sulfide) groups is 1. The Balaban J connectivity index is 1.75. The maximum absolute atomic E-state index is 13.5. The number of carbonyl (C=O) groups is 2. The van der Waals surface area contributed by atoms with Crippen LogP contribution >= 0.6 is 11.8 Å². The van der Waals surface area contributed by atoms with Crippen molar-refractivity contribution in [2.75, 3.05) is 4.90 Å². The number of halogens is 1. The van der Waals surface area contributed by atoms with Gasteiger partial charge in [-0.25, -0.2) is 4.39 Å². The van der Waals surface area contributed by atoms with E-state index >= 15 is 0 Å². The zero-order valence-corrected chi connectivity index (χ0v) is 18.7. The summed E-state index contributed by atoms with van der Waals surface area (Å²) in [7, 11) is 0. The highest BCUT2D eigenvalue weighted by Gasteiger charge is 2.30. The molecular formula is C26H23FN2O2S. The van der Waals surface area contributed by atoms with Crippen molar-refractivity contribution in [2.45, 2.75) is 31.3 Å². The van der Waals surface area contributed by atoms with Crippen LogP contribution in [0.3, 0.4) is 0 Å². The lowest BCUT2D eigenvalue weighted by molar-refractivity contribution is -0.114. The molecule has 0 bridgehead atoms. The summed E-state index contributed by atoms with van der Waals surface area (Å²) in [4.78, 5) is 29.2. The number of hydrogen-bond acceptors (Lipinski definition) is 3. The number of nitrogens with one attached hydrogen (secondary N) is 1. The van der Waals surface area contributed by atoms with Crippen molar-refractivity contribution in [3.8, 4) is 0 Å². The van der Waals surface area contributed by atoms with Gasteiger partial charge >= 0.3 is 0 Å². The minimum absolute atomic E-state index is 0.00488. The highest BCUT2D eigenvalue weighted by molar-refractivity contribution is 8.04. The molecule has 0 atom stereocenters. The molecule has 1 aliphatic heterocycles. The Morgan fingerprint density at radius 2 is 1.78 bits per heavy atom. The highest BCUT2D eigenvalue weighted by Crippen LogP contribution is 2.43. The molecule has 4 rings (SSSR count). The summed E-state index contributed by atoms with van der Waals surface area (Å²) in [5, 5.41) is 2.89. The highest BCUT2D eigenvalue weighted by atomic mass is 32.2. The fourth-order valence-corrected chi connectivity index (χ4v) is 4.47. The van der Waals surface area contributed by atoms with Gasteiger partial charge in [0.2, 0.25) is 0 Å². The second-order valence-electron chi connectivity index (χ2n) is 7.85. The first kappa shape index (κ1) is 21.8. The third-order valence-corrected chi connectivity index (χ3v) is 6.04. The van der Waals surface area contributed by atoms with Crippen LogP contribution in [-0.4, -0.2) is 17.9 Å². The van der Waals surface area contributed by atoms with Crippen molar-refractivity contribution in [3.05, 3.63) is 100 Å². The number of rotatable bonds is 5. The van der Waals surface area contributed by atoms with Gasteiger partial charge in [-0.3, -0.25) is 9.59 Å². The van der Waals surface area contributed by atoms with Gasteiger partial charge in [0.25, 0.3) is 11.8 Å². The number of anilines is 1. The summed E-state index contributed by atoms with van der Waals surface area (Å²) in [5.74, 6) is -0.670. The first-order chi connectivity index (χ1) is 15.4. The van der Waals surface area contributed by atoms with E-state index in [1.807, 2.05) is 56.3 Å². The van der Waals surface area contributed by atoms with Crippen LogP contribution in [0.25, 0.3) is 6.08 Å². The van der Waals surface area contributed by atoms with Crippen molar-refractivity contribution in [2.24, 2.45) is 0 Å². The lowest BCUT2D eigenvalue weighted by Crippen LogP contribution is -2.34. The Morgan fingerprint density at radius 3 is 2.47 bits per heavy atom. The van der Waals surface area contributed by atoms with E-state index in [-0.39, 0.29) is 30.2 Å². The van der Waals surface area contributed by atoms with Gasteiger partial charge in [-0.1, -0.05) is 54.2 Å². The number of hydrogen-bond donors (Lipinski definition) is 1. The van der Waals surface area contributed by atoms with Crippen molar-refractivity contribution in [1.29, 1.82) is 0 Å². The second kappa shape index (κ2) is 9.40. The molecule has 0 unspecified atom stereocenters. The van der Waals surface area contributed by atoms with Crippen LogP contribution in [0.15, 0.2) is 82.6 Å². The minimum Gasteiger partial charge on any atom is -0.350 e. The molecule has 0 aromatic heterocycles. The Kier molecular flexibility index (Phi) is 6.42. The van der Waals surface area contributed by atoms with Crippen molar-refractivity contribution >= 4 is 35.3 Å². The van der Waals surface area contributed by atoms with E-state index in [9.17, 15) is 14.0 Å². The molecular weight excluding hydrogens is 423 g/mol. The Labute approximate surface area is 191 Å². The predicted molar refractivity (Wildman–Crippen MR) is 127 cm³/mol. The van der Waals surface area contributed by atoms with E-state index in [0.29, 0.717) is 16.2 Å². The second-order valence-corrected chi connectivity index (χ2v) is 8.93. The summed E-state index contributed by atoms with van der Waals surface area (Å²) in [6.07, 6.45) is 1.87. The summed E-state index contributed by atoms with van der Waals surface area (Å²) >= 11 is 1.39. The fourth-order valence-electron chi connectivity index (χ4n) is 3.43. The molecule has 0 fully saturated rings. The molecule has 2 amide bonds. The van der Waals surface area contributed by atoms with Crippen LogP contribution in [0.2, 0.25) is 0 Å². The Bertz CT molecular complexity index is 1170. The normalized spacial score (nSPS) is 14.6. The van der Waals surface area contributed by atoms with Gasteiger partial charge < -0.3 is 10.2 Å². The Hall–Kier alpha value is -3.38. The first-order valence-corrected chi connectivity index (χ1v) is 11.2. The standard InChI is InChI=1S/C26H23FN2O2S/c1-17(2)28-25(30)20-10-13-23-22(15-20)29(16-19-8-11-21(27)12-9-19)26(31)24(32-23)14-18-6-4-3-5-7-18/h3-15,17H,16H2,1-2H3,(H,28,30). The van der Waals surface area contributed by atoms with E-state index < -0.39 is 0 Å². The molecule has 3 aromatic carbocycles. The zero-order chi connectivity index (χ0) is 22.7. The van der Waals surface area contributed by atoms with Gasteiger partial charge in [-0.2, -0.15) is 0 Å². The van der Waals surface area contributed by atoms with Gasteiger partial charge in [0.05, 0.1) is 17.1 Å². The van der Waals surface area contributed by atoms with Gasteiger partial charge in [0, 0.05) is 16.5 Å². The summed E-state index contributed by atoms with van der Waals surface area (Å²) in [6.45, 7) is 4.07. The van der Waals surface area contributed by atoms with Crippen LogP contribution in [0.1, 0.15) is 35.3 Å². The van der Waals surface area contributed by atoms with Gasteiger partial charge in [0.15, 0.2) is 0 Å². The third-order valence-electron chi connectivity index (χ3n) is 4.96. The van der Waals surface area contributed by atoms with E-state index in [0.717, 1.165) is 16.0 Å². The molecule has 32 heavy (non-hydrogen) atoms. The van der Waals surface area contributed by atoms with Crippen molar-refractivity contribution < 1.29 is 14.0 Å². The van der Waals surface area contributed by atoms with Crippen LogP contribution in [-0.2, 0) is 11.3 Å². The third kappa shape index (κ3) is 4.92. The lowest BCUT2D eigenvalue weighted by atomic mass is 10.1. The average molecular weight is 447 g/mol. The van der Waals surface area contributed by atoms with Crippen LogP contribution < -0.4 is 10.2 Å². The van der Waals surface area contributed by atoms with Crippen LogP contribution in [0.5, 0.6) is 0 Å².